The third-order valence-electron chi connectivity index (χ3n) is 3.32. The molecule has 17 heteroatoms. The van der Waals surface area contributed by atoms with Gasteiger partial charge in [0.05, 0.1) is 5.56 Å². The first kappa shape index (κ1) is 26.4. The molecule has 0 aliphatic carbocycles. The molecule has 0 aliphatic heterocycles. The number of hydrogen-bond acceptors (Lipinski definition) is 3. The van der Waals surface area contributed by atoms with E-state index in [4.69, 9.17) is 10.2 Å². The molecule has 1 aromatic carbocycles. The van der Waals surface area contributed by atoms with Crippen LogP contribution < -0.4 is 4.74 Å². The first-order valence-corrected chi connectivity index (χ1v) is 7.73. The van der Waals surface area contributed by atoms with Crippen LogP contribution in [-0.4, -0.2) is 46.1 Å². The van der Waals surface area contributed by atoms with E-state index in [1.807, 2.05) is 0 Å². The van der Waals surface area contributed by atoms with Crippen molar-refractivity contribution in [2.45, 2.75) is 23.9 Å². The number of hydrogen-bond donors (Lipinski definition) is 2. The third-order valence-corrected chi connectivity index (χ3v) is 3.98. The minimum atomic E-state index is -7.56. The molecule has 1 rings (SSSR count). The highest BCUT2D eigenvalue weighted by Crippen LogP contribution is 2.55. The zero-order valence-electron chi connectivity index (χ0n) is 13.8. The quantitative estimate of drug-likeness (QED) is 0.337. The SMILES string of the molecule is O=C(O)c1cc(OC(F)=C(F)C(F)(F)C(F)(F)C(F)(F)C(F)(F)F)c(C(=O)O)cc1Br. The summed E-state index contributed by atoms with van der Waals surface area (Å²) in [6.45, 7) is 0. The van der Waals surface area contributed by atoms with E-state index in [-0.39, 0.29) is 6.07 Å². The second-order valence-electron chi connectivity index (χ2n) is 5.35. The van der Waals surface area contributed by atoms with E-state index in [9.17, 15) is 57.9 Å². The molecule has 0 saturated carbocycles. The van der Waals surface area contributed by atoms with Crippen LogP contribution in [0.15, 0.2) is 28.4 Å². The number of benzene rings is 1. The maximum absolute atomic E-state index is 13.7. The van der Waals surface area contributed by atoms with Gasteiger partial charge in [0.25, 0.3) is 0 Å². The topological polar surface area (TPSA) is 83.8 Å². The molecule has 0 bridgehead atoms. The van der Waals surface area contributed by atoms with Crippen LogP contribution in [0.3, 0.4) is 0 Å². The molecule has 174 valence electrons. The second-order valence-corrected chi connectivity index (χ2v) is 6.20. The van der Waals surface area contributed by atoms with Gasteiger partial charge in [0.15, 0.2) is 0 Å². The fourth-order valence-electron chi connectivity index (χ4n) is 1.75. The predicted octanol–water partition coefficient (Wildman–Crippen LogP) is 5.80. The lowest BCUT2D eigenvalue weighted by atomic mass is 10.0. The van der Waals surface area contributed by atoms with Crippen molar-refractivity contribution in [3.63, 3.8) is 0 Å². The molecule has 0 unspecified atom stereocenters. The van der Waals surface area contributed by atoms with E-state index < -0.39 is 69.1 Å². The summed E-state index contributed by atoms with van der Waals surface area (Å²) in [5, 5.41) is 17.7. The number of carbonyl (C=O) groups is 2. The van der Waals surface area contributed by atoms with Crippen LogP contribution in [0.5, 0.6) is 5.75 Å². The summed E-state index contributed by atoms with van der Waals surface area (Å²) in [5.41, 5.74) is -2.22. The summed E-state index contributed by atoms with van der Waals surface area (Å²) in [6.07, 6.45) is -7.31. The lowest BCUT2D eigenvalue weighted by molar-refractivity contribution is -0.392. The maximum Gasteiger partial charge on any atom is 0.460 e. The van der Waals surface area contributed by atoms with Gasteiger partial charge in [0, 0.05) is 4.47 Å². The van der Waals surface area contributed by atoms with Gasteiger partial charge in [-0.2, -0.15) is 48.3 Å². The molecule has 0 radical (unpaired) electrons. The summed E-state index contributed by atoms with van der Waals surface area (Å²) in [5.74, 6) is -32.1. The Bertz CT molecular complexity index is 939. The fourth-order valence-corrected chi connectivity index (χ4v) is 2.26. The van der Waals surface area contributed by atoms with E-state index in [2.05, 4.69) is 20.7 Å². The van der Waals surface area contributed by atoms with Crippen LogP contribution in [0.2, 0.25) is 0 Å². The smallest absolute Gasteiger partial charge is 0.460 e. The molecule has 0 aromatic heterocycles. The molecule has 0 heterocycles. The Balaban J connectivity index is 3.59. The molecule has 0 saturated heterocycles. The number of ether oxygens (including phenoxy) is 1. The monoisotopic (exact) mass is 540 g/mol. The summed E-state index contributed by atoms with van der Waals surface area (Å²) in [7, 11) is 0. The van der Waals surface area contributed by atoms with Crippen molar-refractivity contribution in [2.24, 2.45) is 0 Å². The average Bonchev–Trinajstić information content (AvgIpc) is 2.60. The van der Waals surface area contributed by atoms with Crippen molar-refractivity contribution in [1.82, 2.24) is 0 Å². The van der Waals surface area contributed by atoms with Crippen LogP contribution in [0.4, 0.5) is 48.3 Å². The molecular formula is C14H4BrF11O5. The van der Waals surface area contributed by atoms with E-state index in [0.29, 0.717) is 6.07 Å². The maximum atomic E-state index is 13.7. The number of aromatic carboxylic acids is 2. The van der Waals surface area contributed by atoms with Crippen LogP contribution in [0.1, 0.15) is 20.7 Å². The van der Waals surface area contributed by atoms with Gasteiger partial charge >= 0.3 is 41.9 Å². The summed E-state index contributed by atoms with van der Waals surface area (Å²) in [6, 6.07) is -3.08. The first-order chi connectivity index (χ1) is 13.7. The number of carboxylic acid groups (broad SMARTS) is 2. The predicted molar refractivity (Wildman–Crippen MR) is 78.8 cm³/mol. The highest BCUT2D eigenvalue weighted by atomic mass is 79.9. The molecule has 0 fully saturated rings. The molecule has 5 nitrogen and oxygen atoms in total. The Morgan fingerprint density at radius 1 is 0.806 bits per heavy atom. The van der Waals surface area contributed by atoms with Crippen LogP contribution in [0, 0.1) is 0 Å². The van der Waals surface area contributed by atoms with Crippen molar-refractivity contribution < 1.29 is 72.8 Å². The fraction of sp³-hybridized carbons (Fsp3) is 0.286. The Kier molecular flexibility index (Phi) is 6.96. The average molecular weight is 541 g/mol. The zero-order valence-corrected chi connectivity index (χ0v) is 15.4. The molecule has 0 spiro atoms. The minimum absolute atomic E-state index is 0.0866. The molecule has 31 heavy (non-hydrogen) atoms. The lowest BCUT2D eigenvalue weighted by Gasteiger charge is -2.32. The van der Waals surface area contributed by atoms with Crippen molar-refractivity contribution in [1.29, 1.82) is 0 Å². The standard InChI is InChI=1S/C14H4BrF11O5/c15-5-1-4(10(29)30)6(2-3(5)9(27)28)31-8(17)7(16)11(18,19)12(20,21)13(22,23)14(24,25)26/h1-2H,(H,27,28)(H,29,30). The van der Waals surface area contributed by atoms with Crippen molar-refractivity contribution in [3.8, 4) is 5.75 Å². The van der Waals surface area contributed by atoms with Gasteiger partial charge in [-0.05, 0) is 28.1 Å². The second kappa shape index (κ2) is 8.16. The number of halogens is 12. The molecule has 1 aromatic rings. The Hall–Kier alpha value is -2.59. The van der Waals surface area contributed by atoms with Gasteiger partial charge in [0.2, 0.25) is 5.83 Å². The van der Waals surface area contributed by atoms with Crippen LogP contribution in [0.25, 0.3) is 0 Å². The van der Waals surface area contributed by atoms with E-state index in [0.717, 1.165) is 0 Å². The Morgan fingerprint density at radius 2 is 1.26 bits per heavy atom. The number of carboxylic acids is 2. The first-order valence-electron chi connectivity index (χ1n) is 6.94. The van der Waals surface area contributed by atoms with Gasteiger partial charge < -0.3 is 14.9 Å². The highest BCUT2D eigenvalue weighted by molar-refractivity contribution is 9.10. The van der Waals surface area contributed by atoms with E-state index in [1.165, 1.54) is 0 Å². The molecule has 0 atom stereocenters. The zero-order chi connectivity index (χ0) is 24.7. The van der Waals surface area contributed by atoms with Crippen molar-refractivity contribution >= 4 is 27.9 Å². The van der Waals surface area contributed by atoms with Gasteiger partial charge in [0.1, 0.15) is 11.3 Å². The molecule has 2 N–H and O–H groups in total. The van der Waals surface area contributed by atoms with Gasteiger partial charge in [-0.1, -0.05) is 0 Å². The highest BCUT2D eigenvalue weighted by Gasteiger charge is 2.83. The van der Waals surface area contributed by atoms with Crippen LogP contribution in [-0.2, 0) is 0 Å². The summed E-state index contributed by atoms with van der Waals surface area (Å²) in [4.78, 5) is 22.0. The normalized spacial score (nSPS) is 14.2. The number of rotatable bonds is 7. The largest absolute Gasteiger partial charge is 0.478 e. The Morgan fingerprint density at radius 3 is 1.65 bits per heavy atom. The van der Waals surface area contributed by atoms with Crippen LogP contribution >= 0.6 is 15.9 Å². The van der Waals surface area contributed by atoms with Crippen molar-refractivity contribution in [2.75, 3.05) is 0 Å². The summed E-state index contributed by atoms with van der Waals surface area (Å²) >= 11 is 2.55. The third kappa shape index (κ3) is 4.54. The number of allylic oxidation sites excluding steroid dienone is 1. The van der Waals surface area contributed by atoms with E-state index >= 15 is 0 Å². The minimum Gasteiger partial charge on any atom is -0.478 e. The molecule has 0 amide bonds. The molecular weight excluding hydrogens is 537 g/mol. The van der Waals surface area contributed by atoms with Gasteiger partial charge in [-0.25, -0.2) is 9.59 Å². The van der Waals surface area contributed by atoms with Crippen molar-refractivity contribution in [3.05, 3.63) is 39.6 Å². The Labute approximate surface area is 170 Å². The summed E-state index contributed by atoms with van der Waals surface area (Å²) < 4.78 is 145. The van der Waals surface area contributed by atoms with E-state index in [1.54, 1.807) is 0 Å². The molecule has 0 aliphatic rings. The lowest BCUT2D eigenvalue weighted by Crippen LogP contribution is -2.61. The van der Waals surface area contributed by atoms with Gasteiger partial charge in [-0.3, -0.25) is 0 Å². The van der Waals surface area contributed by atoms with Gasteiger partial charge in [-0.15, -0.1) is 0 Å². The number of alkyl halides is 9.